The van der Waals surface area contributed by atoms with Gasteiger partial charge in [0.05, 0.1) is 0 Å². The molecule has 5 nitrogen and oxygen atoms in total. The zero-order chi connectivity index (χ0) is 23.3. The van der Waals surface area contributed by atoms with Crippen LogP contribution in [0.25, 0.3) is 10.8 Å². The van der Waals surface area contributed by atoms with Gasteiger partial charge in [0.1, 0.15) is 23.1 Å². The summed E-state index contributed by atoms with van der Waals surface area (Å²) in [5.74, 6) is 1.98. The molecule has 0 bridgehead atoms. The van der Waals surface area contributed by atoms with Crippen molar-refractivity contribution >= 4 is 22.6 Å². The fourth-order valence-electron chi connectivity index (χ4n) is 4.52. The second kappa shape index (κ2) is 9.91. The largest absolute Gasteiger partial charge is 0.457 e. The van der Waals surface area contributed by atoms with Gasteiger partial charge in [0.25, 0.3) is 0 Å². The molecule has 0 radical (unpaired) electrons. The van der Waals surface area contributed by atoms with Crippen molar-refractivity contribution in [2.75, 3.05) is 18.4 Å². The smallest absolute Gasteiger partial charge is 0.323 e. The highest BCUT2D eigenvalue weighted by Gasteiger charge is 2.24. The molecule has 3 aromatic carbocycles. The third-order valence-corrected chi connectivity index (χ3v) is 6.18. The van der Waals surface area contributed by atoms with Crippen molar-refractivity contribution in [3.05, 3.63) is 96.4 Å². The van der Waals surface area contributed by atoms with Crippen LogP contribution < -0.4 is 10.1 Å². The summed E-state index contributed by atoms with van der Waals surface area (Å²) in [6, 6.07) is 23.7. The highest BCUT2D eigenvalue weighted by atomic mass is 19.1. The minimum absolute atomic E-state index is 0.109. The third-order valence-electron chi connectivity index (χ3n) is 6.18. The van der Waals surface area contributed by atoms with Crippen LogP contribution in [-0.2, 0) is 6.42 Å². The number of carbonyl (C=O) groups excluding carboxylic acids is 1. The molecule has 0 aliphatic carbocycles. The Morgan fingerprint density at radius 2 is 1.88 bits per heavy atom. The lowest BCUT2D eigenvalue weighted by Gasteiger charge is -2.33. The van der Waals surface area contributed by atoms with Gasteiger partial charge < -0.3 is 9.64 Å². The van der Waals surface area contributed by atoms with Crippen LogP contribution in [0.4, 0.5) is 15.0 Å². The number of carbonyl (C=O) groups is 1. The van der Waals surface area contributed by atoms with Crippen LogP contribution >= 0.6 is 0 Å². The summed E-state index contributed by atoms with van der Waals surface area (Å²) in [5.41, 5.74) is 1.16. The fraction of sp³-hybridized carbons (Fsp3) is 0.214. The number of rotatable bonds is 5. The molecule has 1 saturated heterocycles. The van der Waals surface area contributed by atoms with Gasteiger partial charge >= 0.3 is 6.03 Å². The predicted molar refractivity (Wildman–Crippen MR) is 132 cm³/mol. The first-order valence-corrected chi connectivity index (χ1v) is 11.6. The first-order chi connectivity index (χ1) is 16.6. The Labute approximate surface area is 198 Å². The summed E-state index contributed by atoms with van der Waals surface area (Å²) in [6.07, 6.45) is 4.61. The maximum atomic E-state index is 13.1. The second-order valence-corrected chi connectivity index (χ2v) is 8.67. The number of amides is 2. The Morgan fingerprint density at radius 1 is 1.03 bits per heavy atom. The SMILES string of the molecule is O=C(Nc1nccc2ccccc12)N1CCCC(Cc2cccc(Oc3ccc(F)cc3)c2)C1. The summed E-state index contributed by atoms with van der Waals surface area (Å²) >= 11 is 0. The van der Waals surface area contributed by atoms with Gasteiger partial charge in [-0.05, 0) is 78.6 Å². The van der Waals surface area contributed by atoms with E-state index in [4.69, 9.17) is 4.74 Å². The molecule has 5 rings (SSSR count). The van der Waals surface area contributed by atoms with Crippen LogP contribution in [0, 0.1) is 11.7 Å². The average molecular weight is 456 g/mol. The zero-order valence-corrected chi connectivity index (χ0v) is 18.8. The van der Waals surface area contributed by atoms with Crippen molar-refractivity contribution in [1.82, 2.24) is 9.88 Å². The van der Waals surface area contributed by atoms with Crippen LogP contribution in [0.2, 0.25) is 0 Å². The average Bonchev–Trinajstić information content (AvgIpc) is 2.86. The number of halogens is 1. The number of nitrogens with one attached hydrogen (secondary N) is 1. The Bertz CT molecular complexity index is 1290. The van der Waals surface area contributed by atoms with Crippen molar-refractivity contribution in [3.8, 4) is 11.5 Å². The van der Waals surface area contributed by atoms with Gasteiger partial charge in [-0.25, -0.2) is 14.2 Å². The number of benzene rings is 3. The van der Waals surface area contributed by atoms with Crippen molar-refractivity contribution in [2.24, 2.45) is 5.92 Å². The number of hydrogen-bond acceptors (Lipinski definition) is 3. The normalized spacial score (nSPS) is 15.8. The molecular formula is C28H26FN3O2. The van der Waals surface area contributed by atoms with E-state index in [1.165, 1.54) is 12.1 Å². The minimum atomic E-state index is -0.289. The van der Waals surface area contributed by atoms with Gasteiger partial charge in [-0.15, -0.1) is 0 Å². The summed E-state index contributed by atoms with van der Waals surface area (Å²) in [7, 11) is 0. The number of anilines is 1. The first-order valence-electron chi connectivity index (χ1n) is 11.6. The van der Waals surface area contributed by atoms with E-state index in [9.17, 15) is 9.18 Å². The lowest BCUT2D eigenvalue weighted by Crippen LogP contribution is -2.43. The van der Waals surface area contributed by atoms with E-state index in [2.05, 4.69) is 16.4 Å². The number of fused-ring (bicyclic) bond motifs is 1. The quantitative estimate of drug-likeness (QED) is 0.366. The van der Waals surface area contributed by atoms with Crippen LogP contribution in [0.3, 0.4) is 0 Å². The molecule has 6 heteroatoms. The molecule has 34 heavy (non-hydrogen) atoms. The Balaban J connectivity index is 1.22. The van der Waals surface area contributed by atoms with Crippen LogP contribution in [0.5, 0.6) is 11.5 Å². The number of piperidine rings is 1. The minimum Gasteiger partial charge on any atom is -0.457 e. The Morgan fingerprint density at radius 3 is 2.76 bits per heavy atom. The summed E-state index contributed by atoms with van der Waals surface area (Å²) in [4.78, 5) is 19.3. The van der Waals surface area contributed by atoms with E-state index >= 15 is 0 Å². The molecule has 172 valence electrons. The number of likely N-dealkylation sites (tertiary alicyclic amines) is 1. The van der Waals surface area contributed by atoms with Gasteiger partial charge in [0.2, 0.25) is 0 Å². The highest BCUT2D eigenvalue weighted by Crippen LogP contribution is 2.27. The Hall–Kier alpha value is -3.93. The van der Waals surface area contributed by atoms with Gasteiger partial charge in [-0.3, -0.25) is 5.32 Å². The molecule has 1 fully saturated rings. The third kappa shape index (κ3) is 5.17. The van der Waals surface area contributed by atoms with E-state index < -0.39 is 0 Å². The first kappa shape index (κ1) is 21.9. The molecular weight excluding hydrogens is 429 g/mol. The molecule has 1 N–H and O–H groups in total. The van der Waals surface area contributed by atoms with Gasteiger partial charge in [-0.2, -0.15) is 0 Å². The van der Waals surface area contributed by atoms with Crippen molar-refractivity contribution in [2.45, 2.75) is 19.3 Å². The van der Waals surface area contributed by atoms with Crippen LogP contribution in [0.15, 0.2) is 85.1 Å². The van der Waals surface area contributed by atoms with Gasteiger partial charge in [-0.1, -0.05) is 36.4 Å². The van der Waals surface area contributed by atoms with Crippen LogP contribution in [-0.4, -0.2) is 29.0 Å². The van der Waals surface area contributed by atoms with E-state index in [1.54, 1.807) is 18.3 Å². The molecule has 1 aromatic heterocycles. The standard InChI is InChI=1S/C28H26FN3O2/c29-23-10-12-24(13-11-23)34-25-8-3-5-20(18-25)17-21-6-4-16-32(19-21)28(33)31-27-26-9-2-1-7-22(26)14-15-30-27/h1-3,5,7-15,18,21H,4,6,16-17,19H2,(H,30,31,33). The van der Waals surface area contributed by atoms with Gasteiger partial charge in [0, 0.05) is 24.7 Å². The van der Waals surface area contributed by atoms with Gasteiger partial charge in [0.15, 0.2) is 0 Å². The molecule has 1 aliphatic rings. The summed E-state index contributed by atoms with van der Waals surface area (Å²) in [5, 5.41) is 4.99. The zero-order valence-electron chi connectivity index (χ0n) is 18.8. The molecule has 2 heterocycles. The fourth-order valence-corrected chi connectivity index (χ4v) is 4.52. The molecule has 0 saturated carbocycles. The van der Waals surface area contributed by atoms with Crippen molar-refractivity contribution < 1.29 is 13.9 Å². The maximum Gasteiger partial charge on any atom is 0.323 e. The lowest BCUT2D eigenvalue weighted by molar-refractivity contribution is 0.177. The predicted octanol–water partition coefficient (Wildman–Crippen LogP) is 6.65. The van der Waals surface area contributed by atoms with Crippen molar-refractivity contribution in [1.29, 1.82) is 0 Å². The number of nitrogens with zero attached hydrogens (tertiary/aromatic N) is 2. The second-order valence-electron chi connectivity index (χ2n) is 8.67. The van der Waals surface area contributed by atoms with E-state index in [1.807, 2.05) is 53.4 Å². The molecule has 2 amide bonds. The van der Waals surface area contributed by atoms with Crippen LogP contribution in [0.1, 0.15) is 18.4 Å². The molecule has 1 aliphatic heterocycles. The van der Waals surface area contributed by atoms with E-state index in [0.717, 1.165) is 47.9 Å². The highest BCUT2D eigenvalue weighted by molar-refractivity contribution is 5.99. The number of aromatic nitrogens is 1. The van der Waals surface area contributed by atoms with Crippen molar-refractivity contribution in [3.63, 3.8) is 0 Å². The number of urea groups is 1. The van der Waals surface area contributed by atoms with E-state index in [-0.39, 0.29) is 11.8 Å². The number of hydrogen-bond donors (Lipinski definition) is 1. The summed E-state index contributed by atoms with van der Waals surface area (Å²) < 4.78 is 19.0. The molecule has 4 aromatic rings. The Kier molecular flexibility index (Phi) is 6.38. The lowest BCUT2D eigenvalue weighted by atomic mass is 9.91. The molecule has 1 atom stereocenters. The topological polar surface area (TPSA) is 54.5 Å². The number of ether oxygens (including phenoxy) is 1. The summed E-state index contributed by atoms with van der Waals surface area (Å²) in [6.45, 7) is 1.43. The molecule has 1 unspecified atom stereocenters. The monoisotopic (exact) mass is 455 g/mol. The van der Waals surface area contributed by atoms with E-state index in [0.29, 0.717) is 24.0 Å². The molecule has 0 spiro atoms. The maximum absolute atomic E-state index is 13.1. The number of pyridine rings is 1.